The van der Waals surface area contributed by atoms with E-state index in [0.717, 1.165) is 6.08 Å². The number of carbonyl (C=O) groups excluding carboxylic acids is 4. The van der Waals surface area contributed by atoms with E-state index in [9.17, 15) is 32.7 Å². The highest BCUT2D eigenvalue weighted by molar-refractivity contribution is 7.88. The molecular weight excluding hydrogens is 680 g/mol. The Morgan fingerprint density at radius 1 is 1.06 bits per heavy atom. The van der Waals surface area contributed by atoms with Gasteiger partial charge in [0.05, 0.1) is 29.4 Å². The smallest absolute Gasteiger partial charge is 0.405 e. The Balaban J connectivity index is 2.03. The van der Waals surface area contributed by atoms with Gasteiger partial charge in [-0.3, -0.25) is 14.4 Å². The highest BCUT2D eigenvalue weighted by Gasteiger charge is 2.33. The van der Waals surface area contributed by atoms with Crippen LogP contribution in [-0.4, -0.2) is 75.7 Å². The van der Waals surface area contributed by atoms with Gasteiger partial charge in [0, 0.05) is 43.9 Å². The number of primary sulfonamides is 1. The van der Waals surface area contributed by atoms with E-state index in [0.29, 0.717) is 16.7 Å². The summed E-state index contributed by atoms with van der Waals surface area (Å²) in [6, 6.07) is 6.60. The van der Waals surface area contributed by atoms with Crippen molar-refractivity contribution < 1.29 is 46.9 Å². The number of rotatable bonds is 8. The van der Waals surface area contributed by atoms with Crippen LogP contribution in [0.15, 0.2) is 82.8 Å². The van der Waals surface area contributed by atoms with Crippen molar-refractivity contribution in [3.05, 3.63) is 93.9 Å². The number of hydrogen-bond donors (Lipinski definition) is 5. The van der Waals surface area contributed by atoms with E-state index in [2.05, 4.69) is 10.6 Å². The number of Topliss-reactive ketones (excluding diaryl/α,β-unsaturated/α-hetero) is 1. The number of aliphatic hydroxyl groups is 1. The van der Waals surface area contributed by atoms with Gasteiger partial charge < -0.3 is 35.7 Å². The topological polar surface area (TPSA) is 226 Å². The lowest BCUT2D eigenvalue weighted by atomic mass is 9.85. The first-order valence-corrected chi connectivity index (χ1v) is 18.1. The highest BCUT2D eigenvalue weighted by atomic mass is 32.2. The molecule has 51 heavy (non-hydrogen) atoms. The fourth-order valence-corrected chi connectivity index (χ4v) is 6.61. The van der Waals surface area contributed by atoms with Crippen LogP contribution in [0.4, 0.5) is 4.79 Å². The normalized spacial score (nSPS) is 28.5. The molecule has 1 aromatic carbocycles. The van der Waals surface area contributed by atoms with E-state index in [1.807, 2.05) is 6.92 Å². The molecule has 3 rings (SSSR count). The van der Waals surface area contributed by atoms with Gasteiger partial charge in [0.1, 0.15) is 6.10 Å². The molecule has 0 aromatic heterocycles. The summed E-state index contributed by atoms with van der Waals surface area (Å²) in [6.07, 6.45) is 3.26. The van der Waals surface area contributed by atoms with E-state index in [4.69, 9.17) is 25.1 Å². The molecule has 14 nitrogen and oxygen atoms in total. The van der Waals surface area contributed by atoms with E-state index in [1.165, 1.54) is 33.3 Å². The second-order valence-electron chi connectivity index (χ2n) is 12.9. The molecule has 2 aliphatic rings. The molecule has 0 saturated carbocycles. The fraction of sp³-hybridized carbons (Fsp3) is 0.444. The predicted octanol–water partition coefficient (Wildman–Crippen LogP) is 2.34. The number of nitrogens with one attached hydrogen (secondary N) is 2. The molecule has 0 saturated heterocycles. The molecule has 2 bridgehead atoms. The summed E-state index contributed by atoms with van der Waals surface area (Å²) in [5.74, 6) is -2.81. The largest absolute Gasteiger partial charge is 0.439 e. The van der Waals surface area contributed by atoms with Crippen molar-refractivity contribution in [2.24, 2.45) is 22.7 Å². The number of carbonyl (C=O) groups is 4. The molecule has 1 aliphatic heterocycles. The quantitative estimate of drug-likeness (QED) is 0.193. The average Bonchev–Trinajstić information content (AvgIpc) is 3.05. The van der Waals surface area contributed by atoms with Crippen molar-refractivity contribution in [1.82, 2.24) is 10.6 Å². The molecule has 0 unspecified atom stereocenters. The number of ether oxygens (including phenoxy) is 3. The Morgan fingerprint density at radius 3 is 2.29 bits per heavy atom. The standard InChI is InChI=1S/C36H48N4O10S/c1-20-14-26-31(39-18-24-10-12-25(13-11-24)19-51(38,46)47)28(41)17-27(33(26)43)40-35(44)21(2)8-7-9-29(48-5)34(50-36(37)45)23(4)16-22(3)32(42)30(15-20)49-6/h7-13,16-17,20,22,29-30,32,34,39,42H,14-15,18-19H2,1-6H3,(H2,37,45)(H,40,44)(H2,38,46,47)/b9-7-,21-8+,23-16+/t20-,22+,29+,30+,32-,34+/m1/s1. The lowest BCUT2D eigenvalue weighted by molar-refractivity contribution is -0.120. The maximum Gasteiger partial charge on any atom is 0.405 e. The van der Waals surface area contributed by atoms with Crippen LogP contribution in [0, 0.1) is 11.8 Å². The molecule has 1 aliphatic carbocycles. The van der Waals surface area contributed by atoms with Crippen LogP contribution >= 0.6 is 0 Å². The number of benzene rings is 1. The molecule has 0 fully saturated rings. The lowest BCUT2D eigenvalue weighted by Crippen LogP contribution is -2.37. The van der Waals surface area contributed by atoms with Crippen LogP contribution in [0.25, 0.3) is 0 Å². The zero-order chi connectivity index (χ0) is 38.0. The maximum absolute atomic E-state index is 13.9. The van der Waals surface area contributed by atoms with Gasteiger partial charge in [-0.1, -0.05) is 62.4 Å². The van der Waals surface area contributed by atoms with Crippen molar-refractivity contribution in [3.8, 4) is 0 Å². The summed E-state index contributed by atoms with van der Waals surface area (Å²) >= 11 is 0. The van der Waals surface area contributed by atoms with Crippen LogP contribution < -0.4 is 21.5 Å². The molecule has 6 atom stereocenters. The molecule has 0 spiro atoms. The van der Waals surface area contributed by atoms with Crippen molar-refractivity contribution >= 4 is 33.6 Å². The van der Waals surface area contributed by atoms with E-state index < -0.39 is 63.9 Å². The van der Waals surface area contributed by atoms with Gasteiger partial charge in [-0.15, -0.1) is 0 Å². The first-order valence-electron chi connectivity index (χ1n) is 16.3. The number of ketones is 2. The molecular formula is C36H48N4O10S. The summed E-state index contributed by atoms with van der Waals surface area (Å²) in [5.41, 5.74) is 7.35. The van der Waals surface area contributed by atoms with Gasteiger partial charge in [0.15, 0.2) is 6.10 Å². The molecule has 278 valence electrons. The third kappa shape index (κ3) is 11.8. The Morgan fingerprint density at radius 2 is 1.71 bits per heavy atom. The number of primary amides is 1. The molecule has 1 aromatic rings. The molecule has 0 radical (unpaired) electrons. The molecule has 2 amide bonds. The van der Waals surface area contributed by atoms with E-state index in [1.54, 1.807) is 50.3 Å². The summed E-state index contributed by atoms with van der Waals surface area (Å²) < 4.78 is 39.6. The SMILES string of the molecule is CO[C@H]1/C=C\C=C(/C)C(=O)NC2=CC(=O)C(NCc3ccc(CS(N)(=O)=O)cc3)=C(C[C@@H](C)C[C@H](OC)[C@H](O)[C@@H](C)/C=C(\C)[C@@H]1OC(N)=O)C2=O. The Hall–Kier alpha value is -4.41. The van der Waals surface area contributed by atoms with Gasteiger partial charge >= 0.3 is 6.09 Å². The first-order chi connectivity index (χ1) is 23.9. The summed E-state index contributed by atoms with van der Waals surface area (Å²) in [4.78, 5) is 52.4. The number of hydrogen-bond acceptors (Lipinski definition) is 11. The van der Waals surface area contributed by atoms with Crippen molar-refractivity contribution in [2.45, 2.75) is 77.3 Å². The first kappa shape index (κ1) is 41.0. The fourth-order valence-electron chi connectivity index (χ4n) is 5.95. The number of aliphatic hydroxyl groups excluding tert-OH is 1. The van der Waals surface area contributed by atoms with E-state index >= 15 is 0 Å². The zero-order valence-electron chi connectivity index (χ0n) is 29.7. The molecule has 15 heteroatoms. The molecule has 1 heterocycles. The van der Waals surface area contributed by atoms with Crippen LogP contribution in [0.3, 0.4) is 0 Å². The Kier molecular flexibility index (Phi) is 14.6. The van der Waals surface area contributed by atoms with Gasteiger partial charge in [-0.25, -0.2) is 18.4 Å². The minimum Gasteiger partial charge on any atom is -0.439 e. The van der Waals surface area contributed by atoms with Gasteiger partial charge in [0.25, 0.3) is 5.91 Å². The Labute approximate surface area is 298 Å². The van der Waals surface area contributed by atoms with Crippen LogP contribution in [-0.2, 0) is 50.9 Å². The number of methoxy groups -OCH3 is 2. The van der Waals surface area contributed by atoms with Gasteiger partial charge in [-0.2, -0.15) is 0 Å². The number of fused-ring (bicyclic) bond motifs is 2. The number of sulfonamides is 1. The van der Waals surface area contributed by atoms with Crippen molar-refractivity contribution in [1.29, 1.82) is 0 Å². The van der Waals surface area contributed by atoms with Gasteiger partial charge in [-0.05, 0) is 49.3 Å². The highest BCUT2D eigenvalue weighted by Crippen LogP contribution is 2.29. The average molecular weight is 729 g/mol. The van der Waals surface area contributed by atoms with Crippen LogP contribution in [0.5, 0.6) is 0 Å². The third-order valence-electron chi connectivity index (χ3n) is 8.65. The Bertz CT molecular complexity index is 1740. The van der Waals surface area contributed by atoms with Crippen LogP contribution in [0.2, 0.25) is 0 Å². The maximum atomic E-state index is 13.9. The van der Waals surface area contributed by atoms with E-state index in [-0.39, 0.29) is 53.6 Å². The number of allylic oxidation sites excluding steroid dienone is 4. The van der Waals surface area contributed by atoms with Gasteiger partial charge in [0.2, 0.25) is 21.6 Å². The third-order valence-corrected chi connectivity index (χ3v) is 9.39. The monoisotopic (exact) mass is 728 g/mol. The minimum absolute atomic E-state index is 0.0621. The molecule has 7 N–H and O–H groups in total. The predicted molar refractivity (Wildman–Crippen MR) is 190 cm³/mol. The zero-order valence-corrected chi connectivity index (χ0v) is 30.5. The summed E-state index contributed by atoms with van der Waals surface area (Å²) in [5, 5.41) is 22.2. The second-order valence-corrected chi connectivity index (χ2v) is 14.5. The number of amides is 2. The summed E-state index contributed by atoms with van der Waals surface area (Å²) in [7, 11) is -0.831. The minimum atomic E-state index is -3.71. The second kappa shape index (κ2) is 18.2. The van der Waals surface area contributed by atoms with Crippen LogP contribution in [0.1, 0.15) is 51.7 Å². The van der Waals surface area contributed by atoms with Crippen molar-refractivity contribution in [2.75, 3.05) is 14.2 Å². The summed E-state index contributed by atoms with van der Waals surface area (Å²) in [6.45, 7) is 7.01. The van der Waals surface area contributed by atoms with Crippen molar-refractivity contribution in [3.63, 3.8) is 0 Å². The number of nitrogens with two attached hydrogens (primary N) is 2. The lowest BCUT2D eigenvalue weighted by Gasteiger charge is -2.30.